The van der Waals surface area contributed by atoms with Crippen molar-refractivity contribution in [2.45, 2.75) is 20.8 Å². The second-order valence-corrected chi connectivity index (χ2v) is 11.1. The number of methoxy groups -OCH3 is 1. The lowest BCUT2D eigenvalue weighted by Gasteiger charge is -2.22. The molecule has 0 unspecified atom stereocenters. The van der Waals surface area contributed by atoms with E-state index in [2.05, 4.69) is 10.6 Å². The molecular weight excluding hydrogens is 574 g/mol. The van der Waals surface area contributed by atoms with Crippen molar-refractivity contribution in [1.29, 1.82) is 0 Å². The number of hydrogen-bond acceptors (Lipinski definition) is 7. The molecule has 1 heterocycles. The minimum absolute atomic E-state index is 0.0106. The Morgan fingerprint density at radius 1 is 0.733 bits per heavy atom. The second kappa shape index (κ2) is 12.8. The van der Waals surface area contributed by atoms with E-state index >= 15 is 0 Å². The number of nitrogens with zero attached hydrogens (tertiary/aromatic N) is 1. The normalized spacial score (nSPS) is 13.4. The summed E-state index contributed by atoms with van der Waals surface area (Å²) in [5.41, 5.74) is 1.18. The van der Waals surface area contributed by atoms with Crippen LogP contribution in [-0.4, -0.2) is 31.0 Å². The zero-order valence-corrected chi connectivity index (χ0v) is 25.1. The van der Waals surface area contributed by atoms with Gasteiger partial charge in [-0.25, -0.2) is 14.4 Å². The molecule has 0 saturated heterocycles. The third-order valence-electron chi connectivity index (χ3n) is 6.74. The van der Waals surface area contributed by atoms with Crippen LogP contribution in [0.2, 0.25) is 0 Å². The van der Waals surface area contributed by atoms with Gasteiger partial charge in [0.05, 0.1) is 29.3 Å². The molecule has 4 aromatic carbocycles. The van der Waals surface area contributed by atoms with E-state index < -0.39 is 29.3 Å². The molecular formula is C35H31N3O7. The highest BCUT2D eigenvalue weighted by molar-refractivity contribution is 6.37. The van der Waals surface area contributed by atoms with Crippen molar-refractivity contribution in [1.82, 2.24) is 0 Å². The molecule has 0 aromatic heterocycles. The third kappa shape index (κ3) is 6.86. The number of carbonyl (C=O) groups is 4. The second-order valence-electron chi connectivity index (χ2n) is 11.1. The van der Waals surface area contributed by atoms with Crippen molar-refractivity contribution in [3.8, 4) is 5.75 Å². The molecule has 0 spiro atoms. The van der Waals surface area contributed by atoms with Crippen LogP contribution >= 0.6 is 0 Å². The van der Waals surface area contributed by atoms with Crippen molar-refractivity contribution in [2.24, 2.45) is 5.41 Å². The number of hydroxylamine groups is 1. The minimum atomic E-state index is -0.941. The number of fused-ring (bicyclic) bond motifs is 1. The average Bonchev–Trinajstić information content (AvgIpc) is 3.30. The van der Waals surface area contributed by atoms with E-state index in [-0.39, 0.29) is 22.6 Å². The van der Waals surface area contributed by atoms with Crippen molar-refractivity contribution in [3.05, 3.63) is 120 Å². The maximum atomic E-state index is 14.1. The Balaban J connectivity index is 1.56. The number of urea groups is 1. The fourth-order valence-electron chi connectivity index (χ4n) is 4.38. The maximum absolute atomic E-state index is 14.1. The lowest BCUT2D eigenvalue weighted by Crippen LogP contribution is -2.35. The van der Waals surface area contributed by atoms with Gasteiger partial charge in [0.1, 0.15) is 5.75 Å². The number of rotatable bonds is 7. The van der Waals surface area contributed by atoms with Gasteiger partial charge >= 0.3 is 18.0 Å². The first kappa shape index (κ1) is 30.6. The number of carbonyl (C=O) groups excluding carboxylic acids is 4. The van der Waals surface area contributed by atoms with Gasteiger partial charge in [0.2, 0.25) is 0 Å². The molecule has 4 aromatic rings. The summed E-state index contributed by atoms with van der Waals surface area (Å²) in [6, 6.07) is 28.0. The van der Waals surface area contributed by atoms with E-state index in [4.69, 9.17) is 14.3 Å². The summed E-state index contributed by atoms with van der Waals surface area (Å²) in [7, 11) is 1.55. The molecule has 0 bridgehead atoms. The lowest BCUT2D eigenvalue weighted by molar-refractivity contribution is -0.157. The maximum Gasteiger partial charge on any atom is 0.343 e. The van der Waals surface area contributed by atoms with E-state index in [1.807, 2.05) is 0 Å². The Labute approximate surface area is 260 Å². The number of esters is 1. The number of amides is 3. The van der Waals surface area contributed by atoms with Gasteiger partial charge < -0.3 is 24.9 Å². The first-order valence-electron chi connectivity index (χ1n) is 14.1. The van der Waals surface area contributed by atoms with Crippen LogP contribution in [0.1, 0.15) is 42.3 Å². The first-order valence-corrected chi connectivity index (χ1v) is 14.1. The first-order chi connectivity index (χ1) is 21.5. The van der Waals surface area contributed by atoms with Crippen molar-refractivity contribution in [3.63, 3.8) is 0 Å². The van der Waals surface area contributed by atoms with Gasteiger partial charge in [-0.15, -0.1) is 5.06 Å². The molecule has 3 amide bonds. The molecule has 10 nitrogen and oxygen atoms in total. The Kier molecular flexibility index (Phi) is 8.67. The molecule has 0 fully saturated rings. The van der Waals surface area contributed by atoms with Gasteiger partial charge in [-0.2, -0.15) is 0 Å². The topological polar surface area (TPSA) is 123 Å². The monoisotopic (exact) mass is 605 g/mol. The zero-order valence-electron chi connectivity index (χ0n) is 25.1. The van der Waals surface area contributed by atoms with Gasteiger partial charge in [-0.05, 0) is 75.4 Å². The molecule has 2 N–H and O–H groups in total. The van der Waals surface area contributed by atoms with Gasteiger partial charge in [0.15, 0.2) is 5.76 Å². The minimum Gasteiger partial charge on any atom is -0.497 e. The fourth-order valence-corrected chi connectivity index (χ4v) is 4.38. The van der Waals surface area contributed by atoms with E-state index in [0.29, 0.717) is 28.3 Å². The van der Waals surface area contributed by atoms with E-state index in [0.717, 1.165) is 5.06 Å². The molecule has 0 atom stereocenters. The summed E-state index contributed by atoms with van der Waals surface area (Å²) in [5, 5.41) is 6.33. The SMILES string of the molecule is COc1ccc(NC(=O)Nc2ccc3c(c2)N(OC(=O)C(C)(C)C)C(=O)/C3=C(\OC(=O)c2ccccc2)c2ccccc2)cc1. The van der Waals surface area contributed by atoms with Gasteiger partial charge in [-0.1, -0.05) is 48.5 Å². The van der Waals surface area contributed by atoms with Crippen molar-refractivity contribution < 1.29 is 33.5 Å². The third-order valence-corrected chi connectivity index (χ3v) is 6.74. The Bertz CT molecular complexity index is 1780. The van der Waals surface area contributed by atoms with Crippen LogP contribution in [0.15, 0.2) is 103 Å². The van der Waals surface area contributed by atoms with Crippen LogP contribution in [0.25, 0.3) is 11.3 Å². The largest absolute Gasteiger partial charge is 0.497 e. The van der Waals surface area contributed by atoms with Crippen LogP contribution < -0.4 is 20.4 Å². The highest BCUT2D eigenvalue weighted by Gasteiger charge is 2.41. The van der Waals surface area contributed by atoms with Crippen LogP contribution in [0.5, 0.6) is 5.75 Å². The number of hydrogen-bond donors (Lipinski definition) is 2. The van der Waals surface area contributed by atoms with Crippen molar-refractivity contribution >= 4 is 52.3 Å². The predicted molar refractivity (Wildman–Crippen MR) is 170 cm³/mol. The summed E-state index contributed by atoms with van der Waals surface area (Å²) >= 11 is 0. The Hall–Kier alpha value is -5.90. The van der Waals surface area contributed by atoms with Crippen LogP contribution in [0.4, 0.5) is 21.9 Å². The van der Waals surface area contributed by atoms with Gasteiger partial charge in [-0.3, -0.25) is 4.79 Å². The number of benzene rings is 4. The standard InChI is InChI=1S/C35H31N3O7/c1-35(2,3)33(41)45-38-28-21-25(37-34(42)36-24-15-18-26(43-4)19-16-24)17-20-27(28)29(31(38)39)30(22-11-7-5-8-12-22)44-32(40)23-13-9-6-10-14-23/h5-21H,1-4H3,(H2,36,37,42)/b30-29-. The number of nitrogens with one attached hydrogen (secondary N) is 2. The van der Waals surface area contributed by atoms with E-state index in [1.54, 1.807) is 125 Å². The summed E-state index contributed by atoms with van der Waals surface area (Å²) < 4.78 is 11.0. The van der Waals surface area contributed by atoms with Gasteiger partial charge in [0, 0.05) is 22.5 Å². The highest BCUT2D eigenvalue weighted by atomic mass is 16.7. The molecule has 10 heteroatoms. The Morgan fingerprint density at radius 2 is 1.31 bits per heavy atom. The average molecular weight is 606 g/mol. The van der Waals surface area contributed by atoms with E-state index in [1.165, 1.54) is 6.07 Å². The van der Waals surface area contributed by atoms with Crippen LogP contribution in [0.3, 0.4) is 0 Å². The molecule has 0 radical (unpaired) electrons. The summed E-state index contributed by atoms with van der Waals surface area (Å²) in [5.74, 6) is -1.43. The lowest BCUT2D eigenvalue weighted by atomic mass is 9.98. The number of ether oxygens (including phenoxy) is 2. The molecule has 1 aliphatic rings. The zero-order chi connectivity index (χ0) is 32.1. The molecule has 0 saturated carbocycles. The predicted octanol–water partition coefficient (Wildman–Crippen LogP) is 6.92. The quantitative estimate of drug-likeness (QED) is 0.133. The smallest absolute Gasteiger partial charge is 0.343 e. The van der Waals surface area contributed by atoms with E-state index in [9.17, 15) is 19.2 Å². The molecule has 1 aliphatic heterocycles. The van der Waals surface area contributed by atoms with Crippen LogP contribution in [-0.2, 0) is 19.2 Å². The summed E-state index contributed by atoms with van der Waals surface area (Å²) in [6.45, 7) is 4.98. The molecule has 5 rings (SSSR count). The highest BCUT2D eigenvalue weighted by Crippen LogP contribution is 2.43. The molecule has 45 heavy (non-hydrogen) atoms. The summed E-state index contributed by atoms with van der Waals surface area (Å²) in [4.78, 5) is 58.7. The van der Waals surface area contributed by atoms with Crippen LogP contribution in [0, 0.1) is 5.41 Å². The fraction of sp³-hybridized carbons (Fsp3) is 0.143. The Morgan fingerprint density at radius 3 is 1.91 bits per heavy atom. The molecule has 228 valence electrons. The number of anilines is 3. The van der Waals surface area contributed by atoms with Gasteiger partial charge in [0.25, 0.3) is 5.91 Å². The summed E-state index contributed by atoms with van der Waals surface area (Å²) in [6.07, 6.45) is 0. The van der Waals surface area contributed by atoms with Crippen molar-refractivity contribution in [2.75, 3.05) is 22.8 Å². The molecule has 0 aliphatic carbocycles.